The van der Waals surface area contributed by atoms with E-state index in [2.05, 4.69) is 40.3 Å². The number of ether oxygens (including phenoxy) is 1. The number of carbonyl (C=O) groups is 1. The van der Waals surface area contributed by atoms with Gasteiger partial charge in [0.05, 0.1) is 13.5 Å². The summed E-state index contributed by atoms with van der Waals surface area (Å²) in [6.07, 6.45) is 4.82. The minimum atomic E-state index is -1.57. The zero-order valence-corrected chi connectivity index (χ0v) is 13.2. The fourth-order valence-corrected chi connectivity index (χ4v) is 1.52. The van der Waals surface area contributed by atoms with Crippen LogP contribution in [-0.4, -0.2) is 13.1 Å². The second-order valence-corrected chi connectivity index (χ2v) is 4.38. The van der Waals surface area contributed by atoms with E-state index in [-0.39, 0.29) is 12.4 Å². The lowest BCUT2D eigenvalue weighted by Gasteiger charge is -1.98. The predicted octanol–water partition coefficient (Wildman–Crippen LogP) is 4.09. The molecule has 21 heavy (non-hydrogen) atoms. The molecule has 0 rings (SSSR count). The molecule has 114 valence electrons. The molecule has 0 N–H and O–H groups in total. The van der Waals surface area contributed by atoms with Crippen LogP contribution in [-0.2, 0) is 9.53 Å². The van der Waals surface area contributed by atoms with Gasteiger partial charge in [-0.25, -0.2) is 0 Å². The Labute approximate surface area is 132 Å². The Morgan fingerprint density at radius 2 is 1.67 bits per heavy atom. The van der Waals surface area contributed by atoms with Gasteiger partial charge in [0.15, 0.2) is 0 Å². The van der Waals surface area contributed by atoms with Crippen molar-refractivity contribution >= 4 is 5.97 Å². The largest absolute Gasteiger partial charge is 0.469 e. The summed E-state index contributed by atoms with van der Waals surface area (Å²) in [5, 5.41) is 0. The number of unbranched alkanes of at least 4 members (excludes halogenated alkanes) is 4. The highest BCUT2D eigenvalue weighted by atomic mass is 16.5. The van der Waals surface area contributed by atoms with Crippen LogP contribution in [0.15, 0.2) is 0 Å². The summed E-state index contributed by atoms with van der Waals surface area (Å²) in [5.74, 6) is 16.8. The highest BCUT2D eigenvalue weighted by Crippen LogP contribution is 2.05. The van der Waals surface area contributed by atoms with Crippen LogP contribution in [0.5, 0.6) is 0 Å². The van der Waals surface area contributed by atoms with Gasteiger partial charge in [0.2, 0.25) is 0 Å². The van der Waals surface area contributed by atoms with Crippen LogP contribution in [0.25, 0.3) is 0 Å². The maximum absolute atomic E-state index is 10.9. The minimum absolute atomic E-state index is 0.129. The fraction of sp³-hybridized carbons (Fsp3) is 0.632. The molecular formula is C19H26O2. The summed E-state index contributed by atoms with van der Waals surface area (Å²) >= 11 is 0. The van der Waals surface area contributed by atoms with Gasteiger partial charge in [-0.3, -0.25) is 4.79 Å². The van der Waals surface area contributed by atoms with Crippen molar-refractivity contribution < 1.29 is 12.3 Å². The van der Waals surface area contributed by atoms with E-state index in [9.17, 15) is 4.79 Å². The molecular weight excluding hydrogens is 260 g/mol. The summed E-state index contributed by atoms with van der Waals surface area (Å²) in [5.41, 5.74) is 0. The van der Waals surface area contributed by atoms with E-state index in [1.807, 2.05) is 6.92 Å². The third-order valence-corrected chi connectivity index (χ3v) is 2.62. The maximum atomic E-state index is 10.9. The van der Waals surface area contributed by atoms with Gasteiger partial charge in [-0.05, 0) is 12.8 Å². The van der Waals surface area contributed by atoms with Gasteiger partial charge in [-0.2, -0.15) is 0 Å². The summed E-state index contributed by atoms with van der Waals surface area (Å²) < 4.78 is 20.0. The maximum Gasteiger partial charge on any atom is 0.305 e. The van der Waals surface area contributed by atoms with Crippen molar-refractivity contribution in [2.24, 2.45) is 0 Å². The molecule has 0 aromatic heterocycles. The first-order chi connectivity index (χ1) is 11.0. The van der Waals surface area contributed by atoms with E-state index < -0.39 is 6.37 Å². The molecule has 2 nitrogen and oxygen atoms in total. The molecule has 2 heteroatoms. The molecule has 0 unspecified atom stereocenters. The van der Waals surface area contributed by atoms with Gasteiger partial charge < -0.3 is 4.74 Å². The lowest BCUT2D eigenvalue weighted by atomic mass is 10.1. The molecule has 0 aliphatic carbocycles. The van der Waals surface area contributed by atoms with Crippen molar-refractivity contribution in [3.63, 3.8) is 0 Å². The molecule has 0 heterocycles. The molecule has 0 fully saturated rings. The number of carbonyl (C=O) groups excluding carboxylic acids is 1. The van der Waals surface area contributed by atoms with Crippen molar-refractivity contribution in [2.45, 2.75) is 71.1 Å². The Morgan fingerprint density at radius 3 is 2.43 bits per heavy atom. The molecule has 0 saturated heterocycles. The lowest BCUT2D eigenvalue weighted by Crippen LogP contribution is -1.98. The highest BCUT2D eigenvalue weighted by molar-refractivity contribution is 5.68. The number of hydrogen-bond donors (Lipinski definition) is 0. The molecule has 0 atom stereocenters. The third-order valence-electron chi connectivity index (χ3n) is 2.62. The van der Waals surface area contributed by atoms with Gasteiger partial charge in [-0.15, -0.1) is 23.7 Å². The van der Waals surface area contributed by atoms with E-state index >= 15 is 0 Å². The first-order valence-electron chi connectivity index (χ1n) is 8.50. The van der Waals surface area contributed by atoms with E-state index in [0.29, 0.717) is 12.8 Å². The van der Waals surface area contributed by atoms with Crippen LogP contribution in [0.2, 0.25) is 0 Å². The van der Waals surface area contributed by atoms with Crippen LogP contribution < -0.4 is 0 Å². The first-order valence-corrected chi connectivity index (χ1v) is 7.50. The highest BCUT2D eigenvalue weighted by Gasteiger charge is 1.98. The summed E-state index contributed by atoms with van der Waals surface area (Å²) in [6.45, 7) is 1.97. The first kappa shape index (κ1) is 15.5. The van der Waals surface area contributed by atoms with E-state index in [1.165, 1.54) is 7.11 Å². The van der Waals surface area contributed by atoms with Crippen LogP contribution >= 0.6 is 0 Å². The molecule has 0 bridgehead atoms. The van der Waals surface area contributed by atoms with E-state index in [0.717, 1.165) is 38.5 Å². The van der Waals surface area contributed by atoms with Gasteiger partial charge >= 0.3 is 5.97 Å². The summed E-state index contributed by atoms with van der Waals surface area (Å²) in [4.78, 5) is 10.9. The van der Waals surface area contributed by atoms with Crippen molar-refractivity contribution in [3.8, 4) is 35.5 Å². The van der Waals surface area contributed by atoms with Gasteiger partial charge in [0.1, 0.15) is 0 Å². The van der Waals surface area contributed by atoms with Crippen molar-refractivity contribution in [2.75, 3.05) is 7.11 Å². The molecule has 0 spiro atoms. The molecule has 0 aromatic rings. The third kappa shape index (κ3) is 16.1. The standard InChI is InChI=1S/C19H26O2/c1-3-4-5-6-7-8-9-10-11-12-13-14-15-16-17-18-19(20)21-2/h3,6,9-10,13-18H2,1-2H3/i9D2. The fourth-order valence-electron chi connectivity index (χ4n) is 1.52. The number of hydrogen-bond acceptors (Lipinski definition) is 2. The Kier molecular flexibility index (Phi) is 12.0. The Balaban J connectivity index is 3.79. The van der Waals surface area contributed by atoms with Gasteiger partial charge in [0, 0.05) is 34.8 Å². The second-order valence-electron chi connectivity index (χ2n) is 4.38. The zero-order chi connectivity index (χ0) is 17.4. The Hall–Kier alpha value is -1.85. The number of rotatable bonds is 7. The van der Waals surface area contributed by atoms with Crippen LogP contribution in [0, 0.1) is 35.5 Å². The molecule has 0 aromatic carbocycles. The second kappa shape index (κ2) is 16.2. The normalized spacial score (nSPS) is 10.6. The average Bonchev–Trinajstić information content (AvgIpc) is 2.52. The van der Waals surface area contributed by atoms with Crippen LogP contribution in [0.3, 0.4) is 0 Å². The lowest BCUT2D eigenvalue weighted by molar-refractivity contribution is -0.140. The van der Waals surface area contributed by atoms with E-state index in [1.54, 1.807) is 0 Å². The number of methoxy groups -OCH3 is 1. The minimum Gasteiger partial charge on any atom is -0.469 e. The number of esters is 1. The van der Waals surface area contributed by atoms with Crippen LogP contribution in [0.4, 0.5) is 0 Å². The molecule has 0 aliphatic rings. The Morgan fingerprint density at radius 1 is 0.952 bits per heavy atom. The molecule has 0 aliphatic heterocycles. The van der Waals surface area contributed by atoms with Gasteiger partial charge in [0.25, 0.3) is 0 Å². The molecule has 0 amide bonds. The predicted molar refractivity (Wildman–Crippen MR) is 87.2 cm³/mol. The summed E-state index contributed by atoms with van der Waals surface area (Å²) in [7, 11) is 1.40. The monoisotopic (exact) mass is 288 g/mol. The van der Waals surface area contributed by atoms with Crippen LogP contribution in [0.1, 0.15) is 73.8 Å². The van der Waals surface area contributed by atoms with Crippen molar-refractivity contribution in [3.05, 3.63) is 0 Å². The van der Waals surface area contributed by atoms with Crippen molar-refractivity contribution in [1.82, 2.24) is 0 Å². The smallest absolute Gasteiger partial charge is 0.305 e. The van der Waals surface area contributed by atoms with E-state index in [4.69, 9.17) is 2.74 Å². The topological polar surface area (TPSA) is 26.3 Å². The quantitative estimate of drug-likeness (QED) is 0.401. The molecule has 0 radical (unpaired) electrons. The van der Waals surface area contributed by atoms with Gasteiger partial charge in [-0.1, -0.05) is 31.6 Å². The zero-order valence-electron chi connectivity index (χ0n) is 15.2. The Bertz CT molecular complexity index is 519. The SMILES string of the molecule is [2H]C([2H])(C#CCC#CCC)CC#CCCCCCCC(=O)OC. The summed E-state index contributed by atoms with van der Waals surface area (Å²) in [6, 6.07) is 0. The average molecular weight is 288 g/mol. The van der Waals surface area contributed by atoms with Crippen molar-refractivity contribution in [1.29, 1.82) is 0 Å². The molecule has 0 saturated carbocycles.